The van der Waals surface area contributed by atoms with Crippen LogP contribution in [0.3, 0.4) is 0 Å². The number of hydrogen-bond acceptors (Lipinski definition) is 14. The largest absolute Gasteiger partial charge is 0.465 e. The van der Waals surface area contributed by atoms with Crippen molar-refractivity contribution in [2.45, 2.75) is 21.3 Å². The number of carbonyl (C=O) groups excluding carboxylic acids is 4. The monoisotopic (exact) mass is 670 g/mol. The average molecular weight is 671 g/mol. The summed E-state index contributed by atoms with van der Waals surface area (Å²) in [6.07, 6.45) is 0. The molecule has 0 bridgehead atoms. The molecule has 0 unspecified atom stereocenters. The Bertz CT molecular complexity index is 1140. The van der Waals surface area contributed by atoms with Gasteiger partial charge in [-0.25, -0.2) is 14.4 Å². The van der Waals surface area contributed by atoms with E-state index in [2.05, 4.69) is 14.2 Å². The molecule has 0 fully saturated rings. The molecule has 2 aromatic carbocycles. The topological polar surface area (TPSA) is 194 Å². The Kier molecular flexibility index (Phi) is 27.5. The molecule has 14 heteroatoms. The standard InChI is InChI=1S/C17H24O7.C11H12O4.C4H10O3.CH4/c1-13-9-14(16(19)12-21-2)11-15(10-13)17(20)24-8-7-23-6-5-22-4-3-18;1-7-4-8(10(12)14-2)6-9(5-7)11(13)15-3;5-1-3-7-4-2-6;/h9-11,18H,3-8,12H2,1-2H3;4-6H,1-3H3;5-6H,1-4H2;1H4. The van der Waals surface area contributed by atoms with Gasteiger partial charge in [-0.15, -0.1) is 0 Å². The summed E-state index contributed by atoms with van der Waals surface area (Å²) in [5, 5.41) is 24.7. The zero-order valence-corrected chi connectivity index (χ0v) is 27.1. The molecule has 0 aromatic heterocycles. The van der Waals surface area contributed by atoms with Crippen LogP contribution in [0.2, 0.25) is 0 Å². The van der Waals surface area contributed by atoms with Gasteiger partial charge in [-0.1, -0.05) is 7.43 Å². The Morgan fingerprint density at radius 3 is 1.32 bits per heavy atom. The third-order valence-electron chi connectivity index (χ3n) is 5.37. The Labute approximate surface area is 276 Å². The predicted octanol–water partition coefficient (Wildman–Crippen LogP) is 2.20. The lowest BCUT2D eigenvalue weighted by molar-refractivity contribution is 0.00918. The number of methoxy groups -OCH3 is 3. The summed E-state index contributed by atoms with van der Waals surface area (Å²) >= 11 is 0. The van der Waals surface area contributed by atoms with E-state index in [4.69, 9.17) is 34.3 Å². The summed E-state index contributed by atoms with van der Waals surface area (Å²) in [7, 11) is 4.03. The number of aliphatic hydroxyl groups excluding tert-OH is 3. The highest BCUT2D eigenvalue weighted by molar-refractivity contribution is 6.00. The van der Waals surface area contributed by atoms with Gasteiger partial charge in [0.25, 0.3) is 0 Å². The van der Waals surface area contributed by atoms with Crippen LogP contribution in [0.1, 0.15) is 60.0 Å². The average Bonchev–Trinajstić information content (AvgIpc) is 3.05. The molecule has 47 heavy (non-hydrogen) atoms. The summed E-state index contributed by atoms with van der Waals surface area (Å²) in [6.45, 7) is 5.58. The Hall–Kier alpha value is -3.76. The van der Waals surface area contributed by atoms with Crippen LogP contribution in [0, 0.1) is 13.8 Å². The molecule has 0 saturated heterocycles. The molecule has 0 aliphatic rings. The van der Waals surface area contributed by atoms with Gasteiger partial charge in [0.2, 0.25) is 0 Å². The smallest absolute Gasteiger partial charge is 0.338 e. The van der Waals surface area contributed by atoms with Gasteiger partial charge in [0.05, 0.1) is 90.4 Å². The number of Topliss-reactive ketones (excluding diaryl/α,β-unsaturated/α-hetero) is 1. The van der Waals surface area contributed by atoms with Gasteiger partial charge in [-0.3, -0.25) is 4.79 Å². The molecule has 3 N–H and O–H groups in total. The molecule has 0 spiro atoms. The molecule has 266 valence electrons. The summed E-state index contributed by atoms with van der Waals surface area (Å²) in [6, 6.07) is 9.62. The maximum absolute atomic E-state index is 12.0. The fourth-order valence-corrected chi connectivity index (χ4v) is 3.43. The molecule has 0 radical (unpaired) electrons. The van der Waals surface area contributed by atoms with Crippen molar-refractivity contribution in [3.63, 3.8) is 0 Å². The molecule has 2 rings (SSSR count). The first kappa shape index (κ1) is 45.4. The number of aliphatic hydroxyl groups is 3. The first-order valence-electron chi connectivity index (χ1n) is 14.2. The number of carbonyl (C=O) groups is 4. The zero-order chi connectivity index (χ0) is 34.7. The Morgan fingerprint density at radius 2 is 0.894 bits per heavy atom. The minimum atomic E-state index is -0.509. The minimum Gasteiger partial charge on any atom is -0.465 e. The van der Waals surface area contributed by atoms with Gasteiger partial charge >= 0.3 is 17.9 Å². The van der Waals surface area contributed by atoms with E-state index in [0.29, 0.717) is 48.7 Å². The van der Waals surface area contributed by atoms with Crippen molar-refractivity contribution in [1.82, 2.24) is 0 Å². The number of esters is 3. The van der Waals surface area contributed by atoms with Gasteiger partial charge < -0.3 is 48.5 Å². The molecule has 0 amide bonds. The number of hydrogen-bond donors (Lipinski definition) is 3. The van der Waals surface area contributed by atoms with E-state index in [-0.39, 0.29) is 59.5 Å². The van der Waals surface area contributed by atoms with Crippen molar-refractivity contribution in [2.75, 3.05) is 94.0 Å². The normalized spacial score (nSPS) is 9.87. The lowest BCUT2D eigenvalue weighted by Gasteiger charge is -2.08. The van der Waals surface area contributed by atoms with E-state index in [9.17, 15) is 19.2 Å². The zero-order valence-electron chi connectivity index (χ0n) is 27.1. The highest BCUT2D eigenvalue weighted by atomic mass is 16.6. The SMILES string of the molecule is C.COC(=O)c1cc(C)cc(C(=O)OC)c1.COCC(=O)c1cc(C)cc(C(=O)OCCOCCOCCO)c1.OCCOCCO. The van der Waals surface area contributed by atoms with Crippen molar-refractivity contribution in [3.05, 3.63) is 69.8 Å². The van der Waals surface area contributed by atoms with Gasteiger partial charge in [0.15, 0.2) is 5.78 Å². The molecule has 14 nitrogen and oxygen atoms in total. The third-order valence-corrected chi connectivity index (χ3v) is 5.37. The molecule has 0 aliphatic heterocycles. The van der Waals surface area contributed by atoms with Crippen LogP contribution >= 0.6 is 0 Å². The molecule has 0 saturated carbocycles. The van der Waals surface area contributed by atoms with Crippen LogP contribution in [-0.2, 0) is 33.2 Å². The van der Waals surface area contributed by atoms with E-state index in [1.807, 2.05) is 0 Å². The molecular formula is C33H50O14. The van der Waals surface area contributed by atoms with Crippen molar-refractivity contribution in [3.8, 4) is 0 Å². The molecule has 0 heterocycles. The second-order valence-electron chi connectivity index (χ2n) is 9.16. The van der Waals surface area contributed by atoms with Crippen molar-refractivity contribution in [1.29, 1.82) is 0 Å². The van der Waals surface area contributed by atoms with Crippen molar-refractivity contribution >= 4 is 23.7 Å². The predicted molar refractivity (Wildman–Crippen MR) is 172 cm³/mol. The summed E-state index contributed by atoms with van der Waals surface area (Å²) in [5.74, 6) is -1.64. The van der Waals surface area contributed by atoms with Gasteiger partial charge in [-0.2, -0.15) is 0 Å². The van der Waals surface area contributed by atoms with Crippen molar-refractivity contribution < 1.29 is 67.7 Å². The Balaban J connectivity index is 0. The maximum atomic E-state index is 12.0. The van der Waals surface area contributed by atoms with E-state index in [1.54, 1.807) is 38.1 Å². The second-order valence-corrected chi connectivity index (χ2v) is 9.16. The number of aryl methyl sites for hydroxylation is 2. The number of benzene rings is 2. The summed E-state index contributed by atoms with van der Waals surface area (Å²) in [5.41, 5.74) is 3.03. The van der Waals surface area contributed by atoms with Crippen LogP contribution < -0.4 is 0 Å². The quantitative estimate of drug-likeness (QED) is 0.0904. The van der Waals surface area contributed by atoms with Gasteiger partial charge in [-0.05, 0) is 61.4 Å². The first-order chi connectivity index (χ1) is 22.1. The number of ether oxygens (including phenoxy) is 7. The fourth-order valence-electron chi connectivity index (χ4n) is 3.43. The van der Waals surface area contributed by atoms with E-state index < -0.39 is 17.9 Å². The second kappa shape index (κ2) is 28.5. The molecular weight excluding hydrogens is 620 g/mol. The van der Waals surface area contributed by atoms with Crippen LogP contribution in [0.4, 0.5) is 0 Å². The Morgan fingerprint density at radius 1 is 0.532 bits per heavy atom. The number of rotatable bonds is 18. The highest BCUT2D eigenvalue weighted by Gasteiger charge is 2.14. The van der Waals surface area contributed by atoms with E-state index in [1.165, 1.54) is 33.5 Å². The van der Waals surface area contributed by atoms with Crippen LogP contribution in [0.5, 0.6) is 0 Å². The summed E-state index contributed by atoms with van der Waals surface area (Å²) < 4.78 is 34.0. The molecule has 0 aliphatic carbocycles. The lowest BCUT2D eigenvalue weighted by Crippen LogP contribution is -2.14. The lowest BCUT2D eigenvalue weighted by atomic mass is 10.0. The van der Waals surface area contributed by atoms with E-state index in [0.717, 1.165) is 11.1 Å². The number of ketones is 1. The maximum Gasteiger partial charge on any atom is 0.338 e. The fraction of sp³-hybridized carbons (Fsp3) is 0.515. The van der Waals surface area contributed by atoms with Crippen LogP contribution in [-0.4, -0.2) is 133 Å². The first-order valence-corrected chi connectivity index (χ1v) is 14.2. The highest BCUT2D eigenvalue weighted by Crippen LogP contribution is 2.13. The third kappa shape index (κ3) is 20.9. The van der Waals surface area contributed by atoms with Gasteiger partial charge in [0, 0.05) is 12.7 Å². The molecule has 2 aromatic rings. The van der Waals surface area contributed by atoms with Crippen LogP contribution in [0.15, 0.2) is 36.4 Å². The summed E-state index contributed by atoms with van der Waals surface area (Å²) in [4.78, 5) is 46.4. The van der Waals surface area contributed by atoms with Crippen molar-refractivity contribution in [2.24, 2.45) is 0 Å². The van der Waals surface area contributed by atoms with E-state index >= 15 is 0 Å². The minimum absolute atomic E-state index is 0. The van der Waals surface area contributed by atoms with Crippen LogP contribution in [0.25, 0.3) is 0 Å². The van der Waals surface area contributed by atoms with Gasteiger partial charge in [0.1, 0.15) is 13.2 Å². The molecule has 0 atom stereocenters.